The van der Waals surface area contributed by atoms with E-state index in [1.807, 2.05) is 0 Å². The Kier molecular flexibility index (Phi) is 11.9. The zero-order valence-electron chi connectivity index (χ0n) is 21.0. The molecule has 0 spiro atoms. The summed E-state index contributed by atoms with van der Waals surface area (Å²) in [5.74, 6) is 0.478. The van der Waals surface area contributed by atoms with E-state index < -0.39 is 26.5 Å². The zero-order chi connectivity index (χ0) is 22.9. The average molecular weight is 545 g/mol. The Bertz CT molecular complexity index is 614. The second-order valence-corrected chi connectivity index (χ2v) is 31.8. The summed E-state index contributed by atoms with van der Waals surface area (Å²) in [5, 5.41) is 0. The fraction of sp³-hybridized carbons (Fsp3) is 0.792. The minimum Gasteiger partial charge on any atom is -0.356 e. The number of carbonyl (C=O) groups is 1. The molecule has 0 amide bonds. The van der Waals surface area contributed by atoms with Gasteiger partial charge >= 0.3 is 139 Å². The monoisotopic (exact) mass is 546 g/mol. The van der Waals surface area contributed by atoms with Crippen LogP contribution in [0.3, 0.4) is 0 Å². The van der Waals surface area contributed by atoms with Crippen molar-refractivity contribution in [3.05, 3.63) is 20.8 Å². The summed E-state index contributed by atoms with van der Waals surface area (Å²) in [6.07, 6.45) is 6.23. The van der Waals surface area contributed by atoms with Gasteiger partial charge in [0, 0.05) is 14.7 Å². The summed E-state index contributed by atoms with van der Waals surface area (Å²) in [5.41, 5.74) is 2.23. The molecule has 0 radical (unpaired) electrons. The van der Waals surface area contributed by atoms with Crippen molar-refractivity contribution >= 4 is 32.4 Å². The van der Waals surface area contributed by atoms with Crippen LogP contribution in [0.2, 0.25) is 40.5 Å². The summed E-state index contributed by atoms with van der Waals surface area (Å²) < 4.78 is 18.2. The molecule has 0 N–H and O–H groups in total. The Balaban J connectivity index is 2.27. The molecule has 4 nitrogen and oxygen atoms in total. The van der Waals surface area contributed by atoms with Gasteiger partial charge in [-0.25, -0.2) is 0 Å². The third-order valence-corrected chi connectivity index (χ3v) is 14.8. The molecule has 0 bridgehead atoms. The van der Waals surface area contributed by atoms with Gasteiger partial charge in [-0.05, 0) is 6.04 Å². The number of esters is 1. The molecule has 0 aromatic carbocycles. The van der Waals surface area contributed by atoms with Crippen LogP contribution in [-0.2, 0) is 19.0 Å². The molecular formula is C24H46O4SiSn. The van der Waals surface area contributed by atoms with E-state index in [-0.39, 0.29) is 12.1 Å². The molecule has 1 aliphatic rings. The van der Waals surface area contributed by atoms with Gasteiger partial charge in [-0.3, -0.25) is 0 Å². The van der Waals surface area contributed by atoms with Crippen LogP contribution in [0, 0.1) is 5.92 Å². The first-order valence-corrected chi connectivity index (χ1v) is 25.2. The Labute approximate surface area is 190 Å². The van der Waals surface area contributed by atoms with Crippen LogP contribution < -0.4 is 0 Å². The molecule has 2 atom stereocenters. The molecular weight excluding hydrogens is 499 g/mol. The number of carbonyl (C=O) groups excluding carboxylic acids is 1. The molecule has 1 heterocycles. The Morgan fingerprint density at radius 2 is 1.90 bits per heavy atom. The zero-order valence-corrected chi connectivity index (χ0v) is 24.9. The van der Waals surface area contributed by atoms with Crippen LogP contribution in [0.4, 0.5) is 0 Å². The normalized spacial score (nSPS) is 21.0. The SMILES string of the molecule is C/C(=C\CC[C@H](C)C[C@H]1C/C(=[C](/C)[Sn]([CH3])([CH3])[CH3])C(=O)O1)COCOCC[Si](C)(C)C. The summed E-state index contributed by atoms with van der Waals surface area (Å²) in [7, 11) is -1.02. The summed E-state index contributed by atoms with van der Waals surface area (Å²) >= 11 is -2.19. The number of cyclic esters (lactones) is 1. The number of hydrogen-bond donors (Lipinski definition) is 0. The molecule has 1 rings (SSSR count). The maximum atomic E-state index is 12.3. The average Bonchev–Trinajstić information content (AvgIpc) is 2.95. The molecule has 1 fully saturated rings. The molecule has 30 heavy (non-hydrogen) atoms. The van der Waals surface area contributed by atoms with Crippen molar-refractivity contribution in [2.24, 2.45) is 5.92 Å². The van der Waals surface area contributed by atoms with E-state index in [1.54, 1.807) is 0 Å². The van der Waals surface area contributed by atoms with Crippen molar-refractivity contribution in [2.75, 3.05) is 20.0 Å². The van der Waals surface area contributed by atoms with Crippen molar-refractivity contribution < 1.29 is 19.0 Å². The quantitative estimate of drug-likeness (QED) is 0.0656. The molecule has 0 aromatic rings. The molecule has 0 aromatic heterocycles. The molecule has 1 saturated heterocycles. The van der Waals surface area contributed by atoms with Crippen LogP contribution in [0.5, 0.6) is 0 Å². The predicted octanol–water partition coefficient (Wildman–Crippen LogP) is 6.58. The minimum absolute atomic E-state index is 0.0590. The van der Waals surface area contributed by atoms with Gasteiger partial charge in [-0.1, -0.05) is 19.6 Å². The van der Waals surface area contributed by atoms with Crippen molar-refractivity contribution in [1.29, 1.82) is 0 Å². The topological polar surface area (TPSA) is 44.8 Å². The third-order valence-electron chi connectivity index (χ3n) is 5.84. The Hall–Kier alpha value is -0.114. The summed E-state index contributed by atoms with van der Waals surface area (Å²) in [6.45, 7) is 15.4. The van der Waals surface area contributed by atoms with Gasteiger partial charge in [0.05, 0.1) is 0 Å². The van der Waals surface area contributed by atoms with Crippen molar-refractivity contribution in [3.63, 3.8) is 0 Å². The number of hydrogen-bond acceptors (Lipinski definition) is 4. The van der Waals surface area contributed by atoms with E-state index in [2.05, 4.69) is 61.3 Å². The minimum atomic E-state index is -2.19. The van der Waals surface area contributed by atoms with E-state index >= 15 is 0 Å². The molecule has 0 aliphatic carbocycles. The van der Waals surface area contributed by atoms with Crippen LogP contribution in [0.25, 0.3) is 0 Å². The van der Waals surface area contributed by atoms with E-state index in [1.165, 1.54) is 15.2 Å². The van der Waals surface area contributed by atoms with Crippen molar-refractivity contribution in [1.82, 2.24) is 0 Å². The molecule has 0 unspecified atom stereocenters. The fourth-order valence-electron chi connectivity index (χ4n) is 3.40. The predicted molar refractivity (Wildman–Crippen MR) is 132 cm³/mol. The van der Waals surface area contributed by atoms with E-state index in [0.29, 0.717) is 19.3 Å². The van der Waals surface area contributed by atoms with E-state index in [4.69, 9.17) is 14.2 Å². The van der Waals surface area contributed by atoms with Gasteiger partial charge in [-0.15, -0.1) is 0 Å². The van der Waals surface area contributed by atoms with Crippen LogP contribution in [0.15, 0.2) is 20.8 Å². The van der Waals surface area contributed by atoms with Gasteiger partial charge in [0.15, 0.2) is 0 Å². The van der Waals surface area contributed by atoms with Crippen LogP contribution in [0.1, 0.15) is 46.5 Å². The van der Waals surface area contributed by atoms with Gasteiger partial charge < -0.3 is 4.74 Å². The molecule has 1 aliphatic heterocycles. The van der Waals surface area contributed by atoms with E-state index in [0.717, 1.165) is 37.9 Å². The first-order valence-electron chi connectivity index (χ1n) is 11.5. The summed E-state index contributed by atoms with van der Waals surface area (Å²) in [4.78, 5) is 19.4. The third kappa shape index (κ3) is 11.5. The second-order valence-electron chi connectivity index (χ2n) is 11.2. The van der Waals surface area contributed by atoms with Gasteiger partial charge in [0.2, 0.25) is 0 Å². The molecule has 0 saturated carbocycles. The van der Waals surface area contributed by atoms with Gasteiger partial charge in [0.1, 0.15) is 6.79 Å². The maximum absolute atomic E-state index is 12.3. The first kappa shape index (κ1) is 27.9. The Morgan fingerprint density at radius 3 is 2.50 bits per heavy atom. The standard InChI is InChI=1S/C21H37O4Si.3CH3.Sn/c1-7-19-14-20(25-21(19)22)13-17(2)9-8-10-18(3)15-24-16-23-11-12-26(4,5)6;;;;/h10,17,20H,8-9,11-16H2,1-6H3;3*1H3;/b18-10+,19-7?;;;;/t17-,20-;;;;/m0..../s1. The Morgan fingerprint density at radius 1 is 1.23 bits per heavy atom. The van der Waals surface area contributed by atoms with Crippen molar-refractivity contribution in [3.8, 4) is 0 Å². The first-order chi connectivity index (χ1) is 13.8. The second kappa shape index (κ2) is 12.8. The van der Waals surface area contributed by atoms with Crippen molar-refractivity contribution in [2.45, 2.75) is 93.1 Å². The summed E-state index contributed by atoms with van der Waals surface area (Å²) in [6, 6.07) is 1.18. The number of rotatable bonds is 13. The molecule has 174 valence electrons. The molecule has 6 heteroatoms. The fourth-order valence-corrected chi connectivity index (χ4v) is 7.33. The van der Waals surface area contributed by atoms with Gasteiger partial charge in [-0.2, -0.15) is 0 Å². The van der Waals surface area contributed by atoms with Gasteiger partial charge in [0.25, 0.3) is 0 Å². The smallest absolute Gasteiger partial charge is 0.356 e. The number of ether oxygens (including phenoxy) is 3. The number of allylic oxidation sites excluding steroid dienone is 2. The van der Waals surface area contributed by atoms with Crippen LogP contribution >= 0.6 is 0 Å². The van der Waals surface area contributed by atoms with E-state index in [9.17, 15) is 4.79 Å². The van der Waals surface area contributed by atoms with Crippen LogP contribution in [-0.4, -0.2) is 58.5 Å².